The first kappa shape index (κ1) is 11.4. The summed E-state index contributed by atoms with van der Waals surface area (Å²) < 4.78 is 23.7. The maximum Gasteiger partial charge on any atom is 0.438 e. The summed E-state index contributed by atoms with van der Waals surface area (Å²) in [5, 5.41) is 0.942. The molecule has 0 saturated carbocycles. The van der Waals surface area contributed by atoms with E-state index >= 15 is 0 Å². The number of rotatable bonds is 3. The van der Waals surface area contributed by atoms with Crippen LogP contribution in [0.3, 0.4) is 0 Å². The van der Waals surface area contributed by atoms with Crippen LogP contribution in [-0.4, -0.2) is 18.6 Å². The minimum absolute atomic E-state index is 0.791. The van der Waals surface area contributed by atoms with Crippen molar-refractivity contribution >= 4 is 18.6 Å². The summed E-state index contributed by atoms with van der Waals surface area (Å²) in [6.45, 7) is 3.90. The first-order valence-electron chi connectivity index (χ1n) is 4.77. The molecule has 4 nitrogen and oxygen atoms in total. The summed E-state index contributed by atoms with van der Waals surface area (Å²) >= 11 is 0. The third-order valence-corrected chi connectivity index (χ3v) is 4.28. The van der Waals surface area contributed by atoms with Gasteiger partial charge in [0.2, 0.25) is 0 Å². The fourth-order valence-corrected chi connectivity index (χ4v) is 2.90. The Morgan fingerprint density at radius 2 is 1.88 bits per heavy atom. The number of hydrogen-bond donors (Lipinski definition) is 0. The summed E-state index contributed by atoms with van der Waals surface area (Å²) in [7, 11) is -0.556. The number of aromatic nitrogens is 1. The van der Waals surface area contributed by atoms with Gasteiger partial charge in [0.05, 0.1) is 5.52 Å². The van der Waals surface area contributed by atoms with E-state index in [1.54, 1.807) is 6.20 Å². The van der Waals surface area contributed by atoms with Gasteiger partial charge in [-0.3, -0.25) is 13.4 Å². The van der Waals surface area contributed by atoms with E-state index in [0.29, 0.717) is 0 Å². The summed E-state index contributed by atoms with van der Waals surface area (Å²) in [6.07, 6.45) is 1.68. The predicted molar refractivity (Wildman–Crippen MR) is 63.4 cm³/mol. The molecule has 0 unspecified atom stereocenters. The second-order valence-corrected chi connectivity index (χ2v) is 5.45. The molecule has 0 saturated heterocycles. The van der Waals surface area contributed by atoms with E-state index in [1.165, 1.54) is 18.6 Å². The molecule has 0 spiro atoms. The first-order chi connectivity index (χ1) is 7.62. The molecule has 0 aliphatic carbocycles. The minimum Gasteiger partial charge on any atom is -0.295 e. The SMILES string of the molecule is [CH2]c1cn(P(=O)(OC)OC)c2ccccc12. The molecule has 5 heteroatoms. The van der Waals surface area contributed by atoms with Gasteiger partial charge < -0.3 is 0 Å². The van der Waals surface area contributed by atoms with Gasteiger partial charge in [-0.25, -0.2) is 4.57 Å². The average Bonchev–Trinajstić information content (AvgIpc) is 2.67. The van der Waals surface area contributed by atoms with Crippen LogP contribution in [0.2, 0.25) is 0 Å². The zero-order valence-electron chi connectivity index (χ0n) is 9.21. The summed E-state index contributed by atoms with van der Waals surface area (Å²) in [5.41, 5.74) is 1.59. The third-order valence-electron chi connectivity index (χ3n) is 2.50. The second kappa shape index (κ2) is 4.06. The van der Waals surface area contributed by atoms with Crippen LogP contribution in [0, 0.1) is 6.92 Å². The molecule has 2 aromatic rings. The lowest BCUT2D eigenvalue weighted by Crippen LogP contribution is -1.99. The number of para-hydroxylation sites is 1. The topological polar surface area (TPSA) is 40.5 Å². The van der Waals surface area contributed by atoms with Crippen molar-refractivity contribution in [1.82, 2.24) is 4.34 Å². The number of nitrogens with zero attached hydrogens (tertiary/aromatic N) is 1. The van der Waals surface area contributed by atoms with Crippen molar-refractivity contribution in [1.29, 1.82) is 0 Å². The van der Waals surface area contributed by atoms with Gasteiger partial charge in [0.15, 0.2) is 0 Å². The van der Waals surface area contributed by atoms with Gasteiger partial charge >= 0.3 is 7.75 Å². The van der Waals surface area contributed by atoms with Gasteiger partial charge in [0.1, 0.15) is 0 Å². The van der Waals surface area contributed by atoms with Gasteiger partial charge in [-0.2, -0.15) is 0 Å². The normalized spacial score (nSPS) is 12.2. The average molecular weight is 238 g/mol. The molecule has 0 aliphatic heterocycles. The van der Waals surface area contributed by atoms with Gasteiger partial charge in [-0.15, -0.1) is 0 Å². The highest BCUT2D eigenvalue weighted by Crippen LogP contribution is 2.50. The Morgan fingerprint density at radius 1 is 1.25 bits per heavy atom. The fraction of sp³-hybridized carbons (Fsp3) is 0.182. The Labute approximate surface area is 94.4 Å². The molecule has 0 N–H and O–H groups in total. The van der Waals surface area contributed by atoms with Crippen molar-refractivity contribution in [3.05, 3.63) is 42.9 Å². The largest absolute Gasteiger partial charge is 0.438 e. The number of benzene rings is 1. The molecule has 1 radical (unpaired) electrons. The van der Waals surface area contributed by atoms with Crippen LogP contribution in [0.5, 0.6) is 0 Å². The Hall–Kier alpha value is -1.09. The van der Waals surface area contributed by atoms with Crippen molar-refractivity contribution in [3.8, 4) is 0 Å². The van der Waals surface area contributed by atoms with Gasteiger partial charge in [-0.1, -0.05) is 18.2 Å². The summed E-state index contributed by atoms with van der Waals surface area (Å²) in [5.74, 6) is 0. The lowest BCUT2D eigenvalue weighted by atomic mass is 10.2. The molecule has 2 rings (SSSR count). The van der Waals surface area contributed by atoms with Crippen LogP contribution in [0.1, 0.15) is 5.56 Å². The Bertz CT molecular complexity index is 553. The summed E-state index contributed by atoms with van der Waals surface area (Å²) in [4.78, 5) is 0. The number of fused-ring (bicyclic) bond motifs is 1. The fourth-order valence-electron chi connectivity index (χ4n) is 1.68. The summed E-state index contributed by atoms with van der Waals surface area (Å²) in [6, 6.07) is 7.55. The highest BCUT2D eigenvalue weighted by Gasteiger charge is 2.26. The van der Waals surface area contributed by atoms with Gasteiger partial charge in [0, 0.05) is 25.8 Å². The van der Waals surface area contributed by atoms with E-state index in [9.17, 15) is 4.57 Å². The molecule has 1 heterocycles. The Morgan fingerprint density at radius 3 is 2.50 bits per heavy atom. The lowest BCUT2D eigenvalue weighted by Gasteiger charge is -2.15. The quantitative estimate of drug-likeness (QED) is 0.771. The molecule has 0 bridgehead atoms. The maximum absolute atomic E-state index is 12.3. The van der Waals surface area contributed by atoms with E-state index in [-0.39, 0.29) is 0 Å². The van der Waals surface area contributed by atoms with Crippen LogP contribution in [-0.2, 0) is 13.6 Å². The van der Waals surface area contributed by atoms with Crippen LogP contribution >= 0.6 is 7.75 Å². The van der Waals surface area contributed by atoms with E-state index in [4.69, 9.17) is 9.05 Å². The minimum atomic E-state index is -3.28. The Balaban J connectivity index is 2.75. The highest BCUT2D eigenvalue weighted by molar-refractivity contribution is 7.52. The van der Waals surface area contributed by atoms with Crippen LogP contribution in [0.15, 0.2) is 30.5 Å². The van der Waals surface area contributed by atoms with E-state index in [2.05, 4.69) is 6.92 Å². The van der Waals surface area contributed by atoms with E-state index < -0.39 is 7.75 Å². The van der Waals surface area contributed by atoms with Crippen LogP contribution in [0.4, 0.5) is 0 Å². The maximum atomic E-state index is 12.3. The molecular formula is C11H13NO3P. The Kier molecular flexibility index (Phi) is 2.89. The number of hydrogen-bond acceptors (Lipinski definition) is 3. The second-order valence-electron chi connectivity index (χ2n) is 3.35. The zero-order valence-corrected chi connectivity index (χ0v) is 10.1. The molecular weight excluding hydrogens is 225 g/mol. The first-order valence-corrected chi connectivity index (χ1v) is 6.26. The van der Waals surface area contributed by atoms with Gasteiger partial charge in [-0.05, 0) is 18.6 Å². The van der Waals surface area contributed by atoms with E-state index in [0.717, 1.165) is 16.5 Å². The zero-order chi connectivity index (χ0) is 11.8. The molecule has 1 aromatic carbocycles. The van der Waals surface area contributed by atoms with Crippen molar-refractivity contribution < 1.29 is 13.6 Å². The monoisotopic (exact) mass is 238 g/mol. The van der Waals surface area contributed by atoms with Crippen LogP contribution < -0.4 is 0 Å². The molecule has 0 amide bonds. The molecule has 0 atom stereocenters. The highest BCUT2D eigenvalue weighted by atomic mass is 31.2. The van der Waals surface area contributed by atoms with Crippen LogP contribution in [0.25, 0.3) is 10.9 Å². The molecule has 0 aliphatic rings. The smallest absolute Gasteiger partial charge is 0.295 e. The van der Waals surface area contributed by atoms with Gasteiger partial charge in [0.25, 0.3) is 0 Å². The van der Waals surface area contributed by atoms with E-state index in [1.807, 2.05) is 24.3 Å². The standard InChI is InChI=1S/C11H13NO3P/c1-9-8-12(16(13,14-2)15-3)11-7-5-4-6-10(9)11/h4-8H,1H2,2-3H3. The predicted octanol–water partition coefficient (Wildman–Crippen LogP) is 3.07. The third kappa shape index (κ3) is 1.59. The molecule has 0 fully saturated rings. The van der Waals surface area contributed by atoms with Crippen molar-refractivity contribution in [2.75, 3.05) is 14.2 Å². The molecule has 85 valence electrons. The lowest BCUT2D eigenvalue weighted by molar-refractivity contribution is 0.268. The molecule has 1 aromatic heterocycles. The van der Waals surface area contributed by atoms with Crippen molar-refractivity contribution in [3.63, 3.8) is 0 Å². The van der Waals surface area contributed by atoms with Crippen molar-refractivity contribution in [2.24, 2.45) is 0 Å². The molecule has 16 heavy (non-hydrogen) atoms. The van der Waals surface area contributed by atoms with Crippen molar-refractivity contribution in [2.45, 2.75) is 0 Å².